The fraction of sp³-hybridized carbons (Fsp3) is 0.294. The summed E-state index contributed by atoms with van der Waals surface area (Å²) in [5.74, 6) is 0.329. The maximum Gasteiger partial charge on any atom is 0.341 e. The van der Waals surface area contributed by atoms with Gasteiger partial charge in [-0.3, -0.25) is 0 Å². The first-order valence-electron chi connectivity index (χ1n) is 7.64. The van der Waals surface area contributed by atoms with E-state index in [2.05, 4.69) is 31.2 Å². The molecule has 1 aromatic carbocycles. The van der Waals surface area contributed by atoms with Gasteiger partial charge in [0, 0.05) is 16.1 Å². The van der Waals surface area contributed by atoms with Crippen molar-refractivity contribution >= 4 is 21.9 Å². The Hall–Kier alpha value is -2.48. The van der Waals surface area contributed by atoms with Crippen LogP contribution in [0.4, 0.5) is 0 Å². The van der Waals surface area contributed by atoms with E-state index in [-0.39, 0.29) is 17.9 Å². The minimum absolute atomic E-state index is 0.0794. The molecule has 0 radical (unpaired) electrons. The number of ether oxygens (including phenoxy) is 1. The highest BCUT2D eigenvalue weighted by molar-refractivity contribution is 9.10. The summed E-state index contributed by atoms with van der Waals surface area (Å²) in [4.78, 5) is 16.4. The quantitative estimate of drug-likeness (QED) is 0.616. The second-order valence-corrected chi connectivity index (χ2v) is 7.41. The molecule has 0 spiro atoms. The van der Waals surface area contributed by atoms with Crippen LogP contribution in [0.5, 0.6) is 0 Å². The van der Waals surface area contributed by atoms with Crippen LogP contribution in [-0.4, -0.2) is 25.9 Å². The molecular formula is C17H17BrN4O3. The third kappa shape index (κ3) is 4.14. The molecule has 130 valence electrons. The van der Waals surface area contributed by atoms with Gasteiger partial charge < -0.3 is 9.26 Å². The molecule has 3 aromatic rings. The molecule has 0 atom stereocenters. The van der Waals surface area contributed by atoms with Gasteiger partial charge in [0.1, 0.15) is 0 Å². The Bertz CT molecular complexity index is 895. The van der Waals surface area contributed by atoms with Gasteiger partial charge in [-0.1, -0.05) is 47.9 Å². The maximum absolute atomic E-state index is 12.2. The molecule has 0 aliphatic heterocycles. The van der Waals surface area contributed by atoms with E-state index in [4.69, 9.17) is 9.26 Å². The van der Waals surface area contributed by atoms with Crippen LogP contribution in [0.25, 0.3) is 5.69 Å². The van der Waals surface area contributed by atoms with Crippen molar-refractivity contribution in [2.24, 2.45) is 0 Å². The number of esters is 1. The topological polar surface area (TPSA) is 83.0 Å². The van der Waals surface area contributed by atoms with Gasteiger partial charge in [-0.25, -0.2) is 9.48 Å². The van der Waals surface area contributed by atoms with Crippen LogP contribution < -0.4 is 0 Å². The number of nitrogens with zero attached hydrogens (tertiary/aromatic N) is 4. The maximum atomic E-state index is 12.2. The van der Waals surface area contributed by atoms with Crippen molar-refractivity contribution in [1.29, 1.82) is 0 Å². The van der Waals surface area contributed by atoms with Gasteiger partial charge in [0.05, 0.1) is 17.4 Å². The van der Waals surface area contributed by atoms with Gasteiger partial charge in [0.15, 0.2) is 12.4 Å². The summed E-state index contributed by atoms with van der Waals surface area (Å²) in [6.07, 6.45) is 3.07. The molecule has 3 rings (SSSR count). The molecule has 0 saturated carbocycles. The van der Waals surface area contributed by atoms with Crippen LogP contribution in [-0.2, 0) is 16.8 Å². The molecule has 0 saturated heterocycles. The van der Waals surface area contributed by atoms with Crippen molar-refractivity contribution in [2.75, 3.05) is 0 Å². The lowest BCUT2D eigenvalue weighted by molar-refractivity contribution is 0.0430. The lowest BCUT2D eigenvalue weighted by Crippen LogP contribution is -2.13. The Morgan fingerprint density at radius 3 is 2.84 bits per heavy atom. The highest BCUT2D eigenvalue weighted by Crippen LogP contribution is 2.19. The third-order valence-corrected chi connectivity index (χ3v) is 3.85. The Kier molecular flexibility index (Phi) is 4.71. The van der Waals surface area contributed by atoms with Crippen molar-refractivity contribution in [2.45, 2.75) is 32.8 Å². The molecule has 7 nitrogen and oxygen atoms in total. The molecule has 25 heavy (non-hydrogen) atoms. The zero-order valence-corrected chi connectivity index (χ0v) is 15.6. The first kappa shape index (κ1) is 17.3. The molecule has 0 aliphatic carbocycles. The smallest absolute Gasteiger partial charge is 0.341 e. The minimum atomic E-state index is -0.503. The van der Waals surface area contributed by atoms with E-state index >= 15 is 0 Å². The predicted octanol–water partition coefficient (Wildman–Crippen LogP) is 3.67. The van der Waals surface area contributed by atoms with Crippen LogP contribution in [0, 0.1) is 0 Å². The van der Waals surface area contributed by atoms with E-state index in [9.17, 15) is 4.79 Å². The van der Waals surface area contributed by atoms with Gasteiger partial charge in [-0.2, -0.15) is 10.1 Å². The number of benzene rings is 1. The number of carbonyl (C=O) groups is 1. The van der Waals surface area contributed by atoms with Crippen molar-refractivity contribution in [3.05, 3.63) is 58.4 Å². The molecule has 0 unspecified atom stereocenters. The number of halogens is 1. The number of rotatable bonds is 4. The monoisotopic (exact) mass is 404 g/mol. The van der Waals surface area contributed by atoms with E-state index < -0.39 is 5.97 Å². The lowest BCUT2D eigenvalue weighted by Gasteiger charge is -2.10. The molecular weight excluding hydrogens is 388 g/mol. The van der Waals surface area contributed by atoms with Crippen LogP contribution >= 0.6 is 15.9 Å². The van der Waals surface area contributed by atoms with E-state index in [1.165, 1.54) is 6.20 Å². The SMILES string of the molecule is CC(C)(C)c1noc(COC(=O)c2cnn(-c3cccc(Br)c3)c2)n1. The lowest BCUT2D eigenvalue weighted by atomic mass is 9.96. The Morgan fingerprint density at radius 2 is 2.16 bits per heavy atom. The first-order chi connectivity index (χ1) is 11.8. The zero-order chi connectivity index (χ0) is 18.0. The van der Waals surface area contributed by atoms with Gasteiger partial charge in [0.2, 0.25) is 0 Å². The second-order valence-electron chi connectivity index (χ2n) is 6.49. The molecule has 0 fully saturated rings. The van der Waals surface area contributed by atoms with E-state index in [0.717, 1.165) is 10.2 Å². The average molecular weight is 405 g/mol. The summed E-state index contributed by atoms with van der Waals surface area (Å²) in [7, 11) is 0. The standard InChI is InChI=1S/C17H17BrN4O3/c1-17(2,3)16-20-14(25-21-16)10-24-15(23)11-8-19-22(9-11)13-6-4-5-12(18)7-13/h4-9H,10H2,1-3H3. The number of aromatic nitrogens is 4. The van der Waals surface area contributed by atoms with Crippen molar-refractivity contribution in [3.8, 4) is 5.69 Å². The van der Waals surface area contributed by atoms with Crippen LogP contribution in [0.1, 0.15) is 42.8 Å². The molecule has 0 aliphatic rings. The van der Waals surface area contributed by atoms with Crippen LogP contribution in [0.15, 0.2) is 45.7 Å². The van der Waals surface area contributed by atoms with Gasteiger partial charge in [-0.05, 0) is 18.2 Å². The normalized spacial score (nSPS) is 11.5. The first-order valence-corrected chi connectivity index (χ1v) is 8.43. The molecule has 0 N–H and O–H groups in total. The van der Waals surface area contributed by atoms with Crippen molar-refractivity contribution in [3.63, 3.8) is 0 Å². The molecule has 2 aromatic heterocycles. The minimum Gasteiger partial charge on any atom is -0.452 e. The summed E-state index contributed by atoms with van der Waals surface area (Å²) in [5.41, 5.74) is 0.951. The average Bonchev–Trinajstić information content (AvgIpc) is 3.21. The molecule has 8 heteroatoms. The second kappa shape index (κ2) is 6.79. The summed E-state index contributed by atoms with van der Waals surface area (Å²) < 4.78 is 12.8. The third-order valence-electron chi connectivity index (χ3n) is 3.36. The molecule has 0 amide bonds. The highest BCUT2D eigenvalue weighted by atomic mass is 79.9. The Labute approximate surface area is 153 Å². The summed E-state index contributed by atoms with van der Waals surface area (Å²) >= 11 is 3.41. The highest BCUT2D eigenvalue weighted by Gasteiger charge is 2.21. The van der Waals surface area contributed by atoms with Crippen molar-refractivity contribution < 1.29 is 14.1 Å². The Balaban J connectivity index is 1.65. The van der Waals surface area contributed by atoms with Crippen molar-refractivity contribution in [1.82, 2.24) is 19.9 Å². The van der Waals surface area contributed by atoms with Crippen LogP contribution in [0.3, 0.4) is 0 Å². The van der Waals surface area contributed by atoms with Crippen LogP contribution in [0.2, 0.25) is 0 Å². The summed E-state index contributed by atoms with van der Waals surface area (Å²) in [6.45, 7) is 5.85. The van der Waals surface area contributed by atoms with Gasteiger partial charge in [-0.15, -0.1) is 0 Å². The summed E-state index contributed by atoms with van der Waals surface area (Å²) in [5, 5.41) is 8.08. The fourth-order valence-electron chi connectivity index (χ4n) is 2.02. The Morgan fingerprint density at radius 1 is 1.36 bits per heavy atom. The summed E-state index contributed by atoms with van der Waals surface area (Å²) in [6, 6.07) is 7.59. The largest absolute Gasteiger partial charge is 0.452 e. The number of hydrogen-bond donors (Lipinski definition) is 0. The zero-order valence-electron chi connectivity index (χ0n) is 14.1. The van der Waals surface area contributed by atoms with E-state index in [0.29, 0.717) is 11.4 Å². The fourth-order valence-corrected chi connectivity index (χ4v) is 2.40. The van der Waals surface area contributed by atoms with Gasteiger partial charge >= 0.3 is 5.97 Å². The predicted molar refractivity (Wildman–Crippen MR) is 93.4 cm³/mol. The van der Waals surface area contributed by atoms with E-state index in [1.54, 1.807) is 10.9 Å². The number of hydrogen-bond acceptors (Lipinski definition) is 6. The van der Waals surface area contributed by atoms with E-state index in [1.807, 2.05) is 45.0 Å². The van der Waals surface area contributed by atoms with Gasteiger partial charge in [0.25, 0.3) is 5.89 Å². The molecule has 0 bridgehead atoms. The number of carbonyl (C=O) groups excluding carboxylic acids is 1. The molecule has 2 heterocycles.